The normalized spacial score (nSPS) is 17.7. The highest BCUT2D eigenvalue weighted by molar-refractivity contribution is 9.08. The summed E-state index contributed by atoms with van der Waals surface area (Å²) in [6.45, 7) is 3.25. The van der Waals surface area contributed by atoms with E-state index in [-0.39, 0.29) is 5.82 Å². The van der Waals surface area contributed by atoms with Crippen LogP contribution in [0.15, 0.2) is 18.2 Å². The van der Waals surface area contributed by atoms with Gasteiger partial charge in [0.2, 0.25) is 0 Å². The average Bonchev–Trinajstić information content (AvgIpc) is 2.40. The van der Waals surface area contributed by atoms with Gasteiger partial charge in [0.05, 0.1) is 5.69 Å². The highest BCUT2D eigenvalue weighted by Crippen LogP contribution is 2.27. The summed E-state index contributed by atoms with van der Waals surface area (Å²) in [4.78, 5) is 4.45. The Morgan fingerprint density at radius 3 is 2.68 bits per heavy atom. The second kappa shape index (κ2) is 6.71. The van der Waals surface area contributed by atoms with E-state index in [2.05, 4.69) is 32.8 Å². The van der Waals surface area contributed by atoms with Crippen molar-refractivity contribution in [1.82, 2.24) is 4.90 Å². The lowest BCUT2D eigenvalue weighted by molar-refractivity contribution is 0.222. The molecule has 1 fully saturated rings. The second-order valence-corrected chi connectivity index (χ2v) is 6.07. The van der Waals surface area contributed by atoms with Crippen molar-refractivity contribution in [3.05, 3.63) is 29.6 Å². The summed E-state index contributed by atoms with van der Waals surface area (Å²) in [6, 6.07) is 5.31. The van der Waals surface area contributed by atoms with Crippen LogP contribution in [0.25, 0.3) is 0 Å². The monoisotopic (exact) mass is 328 g/mol. The Labute approximate surface area is 123 Å². The van der Waals surface area contributed by atoms with Gasteiger partial charge in [-0.3, -0.25) is 0 Å². The van der Waals surface area contributed by atoms with E-state index in [1.165, 1.54) is 12.8 Å². The number of halogens is 2. The first-order valence-electron chi connectivity index (χ1n) is 6.85. The predicted octanol–water partition coefficient (Wildman–Crippen LogP) is 3.50. The minimum atomic E-state index is -0.118. The molecule has 2 nitrogen and oxygen atoms in total. The first-order chi connectivity index (χ1) is 9.11. The van der Waals surface area contributed by atoms with Crippen LogP contribution in [0.3, 0.4) is 0 Å². The molecule has 0 aromatic heterocycles. The number of nitrogens with zero attached hydrogens (tertiary/aromatic N) is 2. The van der Waals surface area contributed by atoms with Crippen molar-refractivity contribution in [3.63, 3.8) is 0 Å². The fraction of sp³-hybridized carbons (Fsp3) is 0.600. The smallest absolute Gasteiger partial charge is 0.146 e. The van der Waals surface area contributed by atoms with Crippen LogP contribution >= 0.6 is 15.9 Å². The van der Waals surface area contributed by atoms with Gasteiger partial charge in [-0.15, -0.1) is 0 Å². The summed E-state index contributed by atoms with van der Waals surface area (Å²) >= 11 is 3.44. The molecule has 1 saturated heterocycles. The molecule has 0 spiro atoms. The van der Waals surface area contributed by atoms with E-state index in [1.807, 2.05) is 13.1 Å². The Balaban J connectivity index is 2.05. The zero-order valence-corrected chi connectivity index (χ0v) is 13.3. The Kier molecular flexibility index (Phi) is 5.22. The summed E-state index contributed by atoms with van der Waals surface area (Å²) in [7, 11) is 4.17. The molecule has 0 N–H and O–H groups in total. The maximum atomic E-state index is 14.0. The second-order valence-electron chi connectivity index (χ2n) is 5.51. The van der Waals surface area contributed by atoms with Gasteiger partial charge in [-0.1, -0.05) is 28.1 Å². The highest BCUT2D eigenvalue weighted by atomic mass is 79.9. The van der Waals surface area contributed by atoms with Gasteiger partial charge in [0.15, 0.2) is 0 Å². The Hall–Kier alpha value is -0.610. The van der Waals surface area contributed by atoms with Crippen molar-refractivity contribution in [3.8, 4) is 0 Å². The molecule has 2 rings (SSSR count). The van der Waals surface area contributed by atoms with Crippen LogP contribution in [0.1, 0.15) is 18.4 Å². The molecule has 1 aliphatic heterocycles. The summed E-state index contributed by atoms with van der Waals surface area (Å²) in [5.41, 5.74) is 1.77. The molecule has 0 aliphatic carbocycles. The van der Waals surface area contributed by atoms with Crippen LogP contribution in [0.5, 0.6) is 0 Å². The van der Waals surface area contributed by atoms with Crippen LogP contribution in [0.4, 0.5) is 10.1 Å². The van der Waals surface area contributed by atoms with Crippen molar-refractivity contribution in [1.29, 1.82) is 0 Å². The van der Waals surface area contributed by atoms with Crippen LogP contribution in [0.2, 0.25) is 0 Å². The van der Waals surface area contributed by atoms with E-state index < -0.39 is 0 Å². The number of likely N-dealkylation sites (tertiary alicyclic amines) is 1. The van der Waals surface area contributed by atoms with Gasteiger partial charge in [0.1, 0.15) is 5.82 Å². The third-order valence-electron chi connectivity index (χ3n) is 3.97. The molecule has 0 amide bonds. The molecule has 0 unspecified atom stereocenters. The van der Waals surface area contributed by atoms with Crippen LogP contribution in [0, 0.1) is 11.7 Å². The number of hydrogen-bond acceptors (Lipinski definition) is 2. The number of piperidine rings is 1. The van der Waals surface area contributed by atoms with E-state index >= 15 is 0 Å². The lowest BCUT2D eigenvalue weighted by Crippen LogP contribution is -2.36. The zero-order valence-electron chi connectivity index (χ0n) is 11.7. The lowest BCUT2D eigenvalue weighted by atomic mass is 9.96. The first kappa shape index (κ1) is 14.8. The SMILES string of the molecule is CN1CCC(CN(C)c2c(F)cccc2CBr)CC1. The molecular weight excluding hydrogens is 307 g/mol. The van der Waals surface area contributed by atoms with E-state index in [0.29, 0.717) is 11.2 Å². The summed E-state index contributed by atoms with van der Waals surface area (Å²) in [6.07, 6.45) is 2.41. The zero-order chi connectivity index (χ0) is 13.8. The minimum Gasteiger partial charge on any atom is -0.372 e. The number of hydrogen-bond donors (Lipinski definition) is 0. The maximum Gasteiger partial charge on any atom is 0.146 e. The van der Waals surface area contributed by atoms with Crippen molar-refractivity contribution in [2.75, 3.05) is 38.6 Å². The summed E-state index contributed by atoms with van der Waals surface area (Å²) in [5, 5.41) is 0.692. The van der Waals surface area contributed by atoms with Gasteiger partial charge < -0.3 is 9.80 Å². The van der Waals surface area contributed by atoms with Gasteiger partial charge in [-0.25, -0.2) is 4.39 Å². The largest absolute Gasteiger partial charge is 0.372 e. The van der Waals surface area contributed by atoms with Crippen LogP contribution in [-0.2, 0) is 5.33 Å². The molecule has 1 aromatic carbocycles. The molecule has 1 aromatic rings. The van der Waals surface area contributed by atoms with Crippen LogP contribution < -0.4 is 4.90 Å². The number of anilines is 1. The minimum absolute atomic E-state index is 0.118. The topological polar surface area (TPSA) is 6.48 Å². The number of alkyl halides is 1. The van der Waals surface area contributed by atoms with Gasteiger partial charge in [-0.05, 0) is 50.5 Å². The molecule has 1 aliphatic rings. The molecule has 1 heterocycles. The van der Waals surface area contributed by atoms with E-state index in [9.17, 15) is 4.39 Å². The molecule has 106 valence electrons. The van der Waals surface area contributed by atoms with Gasteiger partial charge in [0.25, 0.3) is 0 Å². The lowest BCUT2D eigenvalue weighted by Gasteiger charge is -2.33. The first-order valence-corrected chi connectivity index (χ1v) is 7.97. The van der Waals surface area contributed by atoms with E-state index in [0.717, 1.165) is 30.9 Å². The Morgan fingerprint density at radius 1 is 1.37 bits per heavy atom. The number of para-hydroxylation sites is 1. The van der Waals surface area contributed by atoms with Gasteiger partial charge in [-0.2, -0.15) is 0 Å². The fourth-order valence-corrected chi connectivity index (χ4v) is 3.27. The van der Waals surface area contributed by atoms with Gasteiger partial charge >= 0.3 is 0 Å². The summed E-state index contributed by atoms with van der Waals surface area (Å²) in [5.74, 6) is 0.552. The standard InChI is InChI=1S/C15H22BrFN2/c1-18-8-6-12(7-9-18)11-19(2)15-13(10-16)4-3-5-14(15)17/h3-5,12H,6-11H2,1-2H3. The Bertz CT molecular complexity index is 417. The molecule has 0 radical (unpaired) electrons. The maximum absolute atomic E-state index is 14.0. The van der Waals surface area contributed by atoms with E-state index in [1.54, 1.807) is 12.1 Å². The average molecular weight is 329 g/mol. The third-order valence-corrected chi connectivity index (χ3v) is 4.57. The van der Waals surface area contributed by atoms with Crippen molar-refractivity contribution >= 4 is 21.6 Å². The third kappa shape index (κ3) is 3.69. The molecule has 0 bridgehead atoms. The number of rotatable bonds is 4. The van der Waals surface area contributed by atoms with Gasteiger partial charge in [0, 0.05) is 18.9 Å². The van der Waals surface area contributed by atoms with Crippen LogP contribution in [-0.4, -0.2) is 38.6 Å². The summed E-state index contributed by atoms with van der Waals surface area (Å²) < 4.78 is 14.0. The fourth-order valence-electron chi connectivity index (χ4n) is 2.82. The Morgan fingerprint density at radius 2 is 2.05 bits per heavy atom. The molecule has 0 saturated carbocycles. The number of benzene rings is 1. The van der Waals surface area contributed by atoms with E-state index in [4.69, 9.17) is 0 Å². The van der Waals surface area contributed by atoms with Crippen molar-refractivity contribution in [2.24, 2.45) is 5.92 Å². The highest BCUT2D eigenvalue weighted by Gasteiger charge is 2.20. The van der Waals surface area contributed by atoms with Crippen molar-refractivity contribution < 1.29 is 4.39 Å². The quantitative estimate of drug-likeness (QED) is 0.780. The predicted molar refractivity (Wildman–Crippen MR) is 82.5 cm³/mol. The molecule has 19 heavy (non-hydrogen) atoms. The molecule has 4 heteroatoms. The molecule has 0 atom stereocenters. The molecular formula is C15H22BrFN2. The van der Waals surface area contributed by atoms with Crippen molar-refractivity contribution in [2.45, 2.75) is 18.2 Å².